The van der Waals surface area contributed by atoms with E-state index in [1.54, 1.807) is 12.4 Å². The fraction of sp³-hybridized carbons (Fsp3) is 0.571. The van der Waals surface area contributed by atoms with E-state index in [9.17, 15) is 4.79 Å². The Morgan fingerprint density at radius 2 is 1.85 bits per heavy atom. The molecule has 4 heterocycles. The molecule has 0 radical (unpaired) electrons. The Morgan fingerprint density at radius 3 is 2.65 bits per heavy atom. The van der Waals surface area contributed by atoms with E-state index in [2.05, 4.69) is 19.8 Å². The Kier molecular flexibility index (Phi) is 4.12. The lowest BCUT2D eigenvalue weighted by molar-refractivity contribution is 0.0717. The Balaban J connectivity index is 1.35. The Morgan fingerprint density at radius 1 is 1.00 bits per heavy atom. The molecule has 1 aromatic carbocycles. The maximum atomic E-state index is 13.2. The van der Waals surface area contributed by atoms with E-state index >= 15 is 0 Å². The highest BCUT2D eigenvalue weighted by Crippen LogP contribution is 2.33. The van der Waals surface area contributed by atoms with E-state index in [1.165, 1.54) is 45.2 Å². The van der Waals surface area contributed by atoms with Crippen LogP contribution < -0.4 is 0 Å². The van der Waals surface area contributed by atoms with Crippen molar-refractivity contribution < 1.29 is 4.79 Å². The number of aromatic nitrogens is 2. The van der Waals surface area contributed by atoms with Gasteiger partial charge < -0.3 is 4.90 Å². The lowest BCUT2D eigenvalue weighted by atomic mass is 9.83. The molecule has 4 aliphatic rings. The summed E-state index contributed by atoms with van der Waals surface area (Å²) in [6.07, 6.45) is 10.1. The minimum absolute atomic E-state index is 0.153. The summed E-state index contributed by atoms with van der Waals surface area (Å²) in [7, 11) is 0. The van der Waals surface area contributed by atoms with Crippen molar-refractivity contribution in [1.82, 2.24) is 19.8 Å². The van der Waals surface area contributed by atoms with Crippen LogP contribution in [0.4, 0.5) is 0 Å². The highest BCUT2D eigenvalue weighted by Gasteiger charge is 2.37. The van der Waals surface area contributed by atoms with Gasteiger partial charge in [-0.1, -0.05) is 6.42 Å². The molecule has 5 nitrogen and oxygen atoms in total. The van der Waals surface area contributed by atoms with Crippen LogP contribution in [0.1, 0.15) is 42.5 Å². The molecule has 1 amide bonds. The molecular formula is C21H26N4O. The molecule has 0 unspecified atom stereocenters. The zero-order chi connectivity index (χ0) is 17.5. The molecule has 3 saturated heterocycles. The molecule has 2 bridgehead atoms. The minimum atomic E-state index is 0.153. The standard InChI is InChI=1S/C21H26N4O/c26-21(17-5-7-19-20(10-17)23-9-8-22-19)25-13-16-4-6-18(14-25)24(12-16)11-15-2-1-3-15/h5,7-10,15-16,18H,1-4,6,11-14H2/t16-,18-/m1/s1. The third-order valence-corrected chi connectivity index (χ3v) is 6.55. The summed E-state index contributed by atoms with van der Waals surface area (Å²) in [4.78, 5) is 26.6. The van der Waals surface area contributed by atoms with Gasteiger partial charge in [0.25, 0.3) is 5.91 Å². The first-order valence-corrected chi connectivity index (χ1v) is 10.0. The van der Waals surface area contributed by atoms with Gasteiger partial charge in [0.15, 0.2) is 0 Å². The third-order valence-electron chi connectivity index (χ3n) is 6.55. The zero-order valence-corrected chi connectivity index (χ0v) is 15.2. The Labute approximate surface area is 154 Å². The first-order valence-electron chi connectivity index (χ1n) is 10.0. The molecule has 136 valence electrons. The molecule has 1 aromatic heterocycles. The third kappa shape index (κ3) is 2.98. The highest BCUT2D eigenvalue weighted by atomic mass is 16.2. The van der Waals surface area contributed by atoms with E-state index in [-0.39, 0.29) is 5.91 Å². The fourth-order valence-corrected chi connectivity index (χ4v) is 4.85. The van der Waals surface area contributed by atoms with Crippen molar-refractivity contribution in [3.05, 3.63) is 36.2 Å². The number of benzene rings is 1. The fourth-order valence-electron chi connectivity index (χ4n) is 4.85. The predicted octanol–water partition coefficient (Wildman–Crippen LogP) is 2.97. The first-order chi connectivity index (χ1) is 12.8. The summed E-state index contributed by atoms with van der Waals surface area (Å²) >= 11 is 0. The number of carbonyl (C=O) groups excluding carboxylic acids is 1. The van der Waals surface area contributed by atoms with E-state index in [4.69, 9.17) is 0 Å². The monoisotopic (exact) mass is 350 g/mol. The van der Waals surface area contributed by atoms with Crippen molar-refractivity contribution in [1.29, 1.82) is 0 Å². The Bertz CT molecular complexity index is 819. The maximum absolute atomic E-state index is 13.2. The van der Waals surface area contributed by atoms with Gasteiger partial charge in [-0.2, -0.15) is 0 Å². The largest absolute Gasteiger partial charge is 0.337 e. The minimum Gasteiger partial charge on any atom is -0.337 e. The molecule has 1 aliphatic carbocycles. The van der Waals surface area contributed by atoms with E-state index in [1.807, 2.05) is 18.2 Å². The highest BCUT2D eigenvalue weighted by molar-refractivity contribution is 5.97. The van der Waals surface area contributed by atoms with Crippen LogP contribution in [0.5, 0.6) is 0 Å². The average Bonchev–Trinajstić information content (AvgIpc) is 2.95. The van der Waals surface area contributed by atoms with Gasteiger partial charge in [-0.05, 0) is 55.7 Å². The SMILES string of the molecule is O=C(c1ccc2nccnc2c1)N1C[C@@H]2CC[C@H](C1)N(CC1CCC1)C2. The van der Waals surface area contributed by atoms with E-state index in [0.29, 0.717) is 12.0 Å². The van der Waals surface area contributed by atoms with Crippen molar-refractivity contribution >= 4 is 16.9 Å². The van der Waals surface area contributed by atoms with Crippen LogP contribution in [0.2, 0.25) is 0 Å². The lowest BCUT2D eigenvalue weighted by Crippen LogP contribution is -2.47. The second-order valence-corrected chi connectivity index (χ2v) is 8.32. The predicted molar refractivity (Wildman–Crippen MR) is 101 cm³/mol. The van der Waals surface area contributed by atoms with Crippen molar-refractivity contribution in [3.8, 4) is 0 Å². The van der Waals surface area contributed by atoms with Gasteiger partial charge in [0, 0.05) is 50.2 Å². The summed E-state index contributed by atoms with van der Waals surface area (Å²) in [6, 6.07) is 6.24. The topological polar surface area (TPSA) is 49.3 Å². The smallest absolute Gasteiger partial charge is 0.253 e. The summed E-state index contributed by atoms with van der Waals surface area (Å²) in [6.45, 7) is 4.19. The van der Waals surface area contributed by atoms with Crippen molar-refractivity contribution in [2.75, 3.05) is 26.2 Å². The second-order valence-electron chi connectivity index (χ2n) is 8.32. The van der Waals surface area contributed by atoms with Crippen LogP contribution in [0.15, 0.2) is 30.6 Å². The molecule has 5 heteroatoms. The lowest BCUT2D eigenvalue weighted by Gasteiger charge is -2.40. The number of fused-ring (bicyclic) bond motifs is 5. The number of hydrogen-bond donors (Lipinski definition) is 0. The Hall–Kier alpha value is -2.01. The average molecular weight is 350 g/mol. The van der Waals surface area contributed by atoms with Crippen LogP contribution in [-0.4, -0.2) is 57.9 Å². The molecule has 2 atom stereocenters. The van der Waals surface area contributed by atoms with Gasteiger partial charge in [0.1, 0.15) is 0 Å². The van der Waals surface area contributed by atoms with Crippen LogP contribution in [0.3, 0.4) is 0 Å². The number of hydrogen-bond acceptors (Lipinski definition) is 4. The van der Waals surface area contributed by atoms with Crippen molar-refractivity contribution in [2.45, 2.75) is 38.1 Å². The van der Waals surface area contributed by atoms with Gasteiger partial charge in [0.2, 0.25) is 0 Å². The van der Waals surface area contributed by atoms with Crippen LogP contribution >= 0.6 is 0 Å². The van der Waals surface area contributed by atoms with E-state index in [0.717, 1.165) is 35.6 Å². The first kappa shape index (κ1) is 16.2. The summed E-state index contributed by atoms with van der Waals surface area (Å²) in [5, 5.41) is 0. The number of amides is 1. The summed E-state index contributed by atoms with van der Waals surface area (Å²) in [5.41, 5.74) is 2.37. The van der Waals surface area contributed by atoms with Gasteiger partial charge in [0.05, 0.1) is 11.0 Å². The van der Waals surface area contributed by atoms with Crippen LogP contribution in [0.25, 0.3) is 11.0 Å². The van der Waals surface area contributed by atoms with Gasteiger partial charge in [-0.3, -0.25) is 19.7 Å². The number of carbonyl (C=O) groups is 1. The molecule has 0 spiro atoms. The normalized spacial score (nSPS) is 26.7. The van der Waals surface area contributed by atoms with Crippen LogP contribution in [0, 0.1) is 11.8 Å². The molecule has 26 heavy (non-hydrogen) atoms. The summed E-state index contributed by atoms with van der Waals surface area (Å²) in [5.74, 6) is 1.68. The molecule has 1 saturated carbocycles. The van der Waals surface area contributed by atoms with Gasteiger partial charge in [-0.15, -0.1) is 0 Å². The van der Waals surface area contributed by atoms with Crippen molar-refractivity contribution in [3.63, 3.8) is 0 Å². The van der Waals surface area contributed by atoms with Gasteiger partial charge >= 0.3 is 0 Å². The molecule has 3 aliphatic heterocycles. The molecule has 2 aromatic rings. The number of piperidine rings is 1. The number of nitrogens with zero attached hydrogens (tertiary/aromatic N) is 4. The zero-order valence-electron chi connectivity index (χ0n) is 15.2. The van der Waals surface area contributed by atoms with E-state index < -0.39 is 0 Å². The van der Waals surface area contributed by atoms with Crippen molar-refractivity contribution in [2.24, 2.45) is 11.8 Å². The second kappa shape index (κ2) is 6.62. The maximum Gasteiger partial charge on any atom is 0.253 e. The number of rotatable bonds is 3. The van der Waals surface area contributed by atoms with Gasteiger partial charge in [-0.25, -0.2) is 0 Å². The molecule has 0 N–H and O–H groups in total. The molecule has 4 fully saturated rings. The quantitative estimate of drug-likeness (QED) is 0.854. The molecule has 6 rings (SSSR count). The molecular weight excluding hydrogens is 324 g/mol. The van der Waals surface area contributed by atoms with Crippen LogP contribution in [-0.2, 0) is 0 Å². The summed E-state index contributed by atoms with van der Waals surface area (Å²) < 4.78 is 0.